The molecule has 1 fully saturated rings. The predicted molar refractivity (Wildman–Crippen MR) is 124 cm³/mol. The van der Waals surface area contributed by atoms with Gasteiger partial charge in [-0.05, 0) is 69.0 Å². The molecule has 172 valence electrons. The van der Waals surface area contributed by atoms with Crippen LogP contribution in [0.25, 0.3) is 22.0 Å². The number of ether oxygens (including phenoxy) is 1. The van der Waals surface area contributed by atoms with Crippen molar-refractivity contribution in [2.24, 2.45) is 5.92 Å². The third-order valence-electron chi connectivity index (χ3n) is 5.23. The van der Waals surface area contributed by atoms with Crippen LogP contribution in [-0.2, 0) is 16.0 Å². The van der Waals surface area contributed by atoms with Gasteiger partial charge < -0.3 is 10.1 Å². The summed E-state index contributed by atoms with van der Waals surface area (Å²) in [6.07, 6.45) is 2.80. The maximum Gasteiger partial charge on any atom is 0.412 e. The van der Waals surface area contributed by atoms with Crippen LogP contribution in [-0.4, -0.2) is 39.0 Å². The minimum absolute atomic E-state index is 0.217. The van der Waals surface area contributed by atoms with Crippen molar-refractivity contribution in [1.82, 2.24) is 15.2 Å². The van der Waals surface area contributed by atoms with Gasteiger partial charge in [-0.1, -0.05) is 6.92 Å². The maximum atomic E-state index is 13.2. The van der Waals surface area contributed by atoms with Gasteiger partial charge in [0.05, 0.1) is 11.6 Å². The lowest BCUT2D eigenvalue weighted by Crippen LogP contribution is -2.27. The number of hydrogen-bond donors (Lipinski definition) is 2. The lowest BCUT2D eigenvalue weighted by atomic mass is 9.98. The zero-order valence-electron chi connectivity index (χ0n) is 19.0. The Morgan fingerprint density at radius 2 is 1.94 bits per heavy atom. The standard InChI is InChI=1S/C24H26FN5O3/c1-5-13-6-7-26-12-17(13)14-8-15-10-20(28-22(31)16-11-18(16)25)29-30-21(15)19(9-14)27-23(32)33-24(2,3)4/h6-10,12,16,18H,5,11H2,1-4H3,(H,27,32)(H,28,29,31)/t16-,18+/m1/s1. The summed E-state index contributed by atoms with van der Waals surface area (Å²) in [6.45, 7) is 7.39. The lowest BCUT2D eigenvalue weighted by molar-refractivity contribution is -0.117. The molecule has 0 unspecified atom stereocenters. The molecular weight excluding hydrogens is 425 g/mol. The number of anilines is 2. The maximum absolute atomic E-state index is 13.2. The second-order valence-corrected chi connectivity index (χ2v) is 9.05. The van der Waals surface area contributed by atoms with Crippen LogP contribution in [0.4, 0.5) is 20.7 Å². The molecule has 1 aliphatic rings. The first-order valence-electron chi connectivity index (χ1n) is 10.8. The quantitative estimate of drug-likeness (QED) is 0.572. The van der Waals surface area contributed by atoms with Gasteiger partial charge in [0, 0.05) is 23.3 Å². The van der Waals surface area contributed by atoms with Crippen molar-refractivity contribution >= 4 is 34.4 Å². The van der Waals surface area contributed by atoms with E-state index in [9.17, 15) is 14.0 Å². The van der Waals surface area contributed by atoms with Crippen LogP contribution in [0.1, 0.15) is 39.7 Å². The molecule has 9 heteroatoms. The van der Waals surface area contributed by atoms with Gasteiger partial charge in [-0.15, -0.1) is 10.2 Å². The van der Waals surface area contributed by atoms with E-state index in [0.29, 0.717) is 16.6 Å². The summed E-state index contributed by atoms with van der Waals surface area (Å²) in [7, 11) is 0. The summed E-state index contributed by atoms with van der Waals surface area (Å²) in [5.74, 6) is -0.838. The van der Waals surface area contributed by atoms with E-state index in [2.05, 4.69) is 32.7 Å². The average molecular weight is 452 g/mol. The lowest BCUT2D eigenvalue weighted by Gasteiger charge is -2.20. The number of aryl methyl sites for hydroxylation is 1. The fraction of sp³-hybridized carbons (Fsp3) is 0.375. The molecule has 4 rings (SSSR count). The summed E-state index contributed by atoms with van der Waals surface area (Å²) in [6, 6.07) is 7.29. The summed E-state index contributed by atoms with van der Waals surface area (Å²) in [5, 5.41) is 14.3. The van der Waals surface area contributed by atoms with Crippen LogP contribution in [0.3, 0.4) is 0 Å². The van der Waals surface area contributed by atoms with E-state index >= 15 is 0 Å². The number of fused-ring (bicyclic) bond motifs is 1. The van der Waals surface area contributed by atoms with Gasteiger partial charge in [0.25, 0.3) is 0 Å². The van der Waals surface area contributed by atoms with E-state index in [1.54, 1.807) is 45.3 Å². The van der Waals surface area contributed by atoms with E-state index in [-0.39, 0.29) is 12.2 Å². The number of nitrogens with zero attached hydrogens (tertiary/aromatic N) is 3. The third-order valence-corrected chi connectivity index (χ3v) is 5.23. The van der Waals surface area contributed by atoms with Crippen LogP contribution < -0.4 is 10.6 Å². The van der Waals surface area contributed by atoms with E-state index in [0.717, 1.165) is 23.1 Å². The van der Waals surface area contributed by atoms with Crippen LogP contribution >= 0.6 is 0 Å². The number of rotatable bonds is 5. The van der Waals surface area contributed by atoms with Crippen molar-refractivity contribution in [2.45, 2.75) is 52.3 Å². The van der Waals surface area contributed by atoms with Crippen LogP contribution in [0.5, 0.6) is 0 Å². The molecule has 1 aromatic carbocycles. The van der Waals surface area contributed by atoms with Crippen molar-refractivity contribution in [3.63, 3.8) is 0 Å². The molecule has 0 radical (unpaired) electrons. The molecule has 2 amide bonds. The highest BCUT2D eigenvalue weighted by Gasteiger charge is 2.43. The molecule has 3 aromatic rings. The number of amides is 2. The molecule has 0 bridgehead atoms. The minimum Gasteiger partial charge on any atom is -0.444 e. The Morgan fingerprint density at radius 3 is 2.61 bits per heavy atom. The summed E-state index contributed by atoms with van der Waals surface area (Å²) in [4.78, 5) is 28.9. The van der Waals surface area contributed by atoms with Crippen molar-refractivity contribution in [1.29, 1.82) is 0 Å². The number of nitrogens with one attached hydrogen (secondary N) is 2. The van der Waals surface area contributed by atoms with Gasteiger partial charge in [-0.3, -0.25) is 15.1 Å². The monoisotopic (exact) mass is 451 g/mol. The van der Waals surface area contributed by atoms with Crippen LogP contribution in [0.2, 0.25) is 0 Å². The molecule has 0 aliphatic heterocycles. The molecule has 1 saturated carbocycles. The zero-order chi connectivity index (χ0) is 23.8. The van der Waals surface area contributed by atoms with Crippen molar-refractivity contribution in [3.05, 3.63) is 42.2 Å². The van der Waals surface area contributed by atoms with Gasteiger partial charge in [-0.2, -0.15) is 0 Å². The number of carbonyl (C=O) groups is 2. The Hall–Kier alpha value is -3.62. The second-order valence-electron chi connectivity index (χ2n) is 9.05. The molecule has 2 N–H and O–H groups in total. The Kier molecular flexibility index (Phi) is 5.97. The number of pyridine rings is 1. The summed E-state index contributed by atoms with van der Waals surface area (Å²) >= 11 is 0. The first-order valence-corrected chi connectivity index (χ1v) is 10.8. The molecule has 2 aromatic heterocycles. The molecule has 2 atom stereocenters. The summed E-state index contributed by atoms with van der Waals surface area (Å²) < 4.78 is 18.6. The highest BCUT2D eigenvalue weighted by Crippen LogP contribution is 2.35. The zero-order valence-corrected chi connectivity index (χ0v) is 19.0. The number of benzene rings is 1. The van der Waals surface area contributed by atoms with Crippen LogP contribution in [0.15, 0.2) is 36.7 Å². The largest absolute Gasteiger partial charge is 0.444 e. The van der Waals surface area contributed by atoms with E-state index < -0.39 is 29.7 Å². The molecule has 2 heterocycles. The smallest absolute Gasteiger partial charge is 0.412 e. The highest BCUT2D eigenvalue weighted by atomic mass is 19.1. The van der Waals surface area contributed by atoms with Crippen molar-refractivity contribution in [2.75, 3.05) is 10.6 Å². The minimum atomic E-state index is -1.10. The number of aromatic nitrogens is 3. The van der Waals surface area contributed by atoms with Gasteiger partial charge in [-0.25, -0.2) is 9.18 Å². The fourth-order valence-electron chi connectivity index (χ4n) is 3.53. The summed E-state index contributed by atoms with van der Waals surface area (Å²) in [5.41, 5.74) is 2.99. The molecule has 1 aliphatic carbocycles. The molecule has 0 saturated heterocycles. The normalized spacial score (nSPS) is 17.5. The predicted octanol–water partition coefficient (Wildman–Crippen LogP) is 4.90. The van der Waals surface area contributed by atoms with Gasteiger partial charge in [0.2, 0.25) is 5.91 Å². The molecule has 33 heavy (non-hydrogen) atoms. The van der Waals surface area contributed by atoms with Gasteiger partial charge in [0.1, 0.15) is 17.3 Å². The van der Waals surface area contributed by atoms with Gasteiger partial charge >= 0.3 is 6.09 Å². The third kappa shape index (κ3) is 5.24. The Bertz CT molecular complexity index is 1220. The number of alkyl halides is 1. The van der Waals surface area contributed by atoms with E-state index in [4.69, 9.17) is 4.74 Å². The van der Waals surface area contributed by atoms with Gasteiger partial charge in [0.15, 0.2) is 5.82 Å². The fourth-order valence-corrected chi connectivity index (χ4v) is 3.53. The molecule has 0 spiro atoms. The van der Waals surface area contributed by atoms with Crippen molar-refractivity contribution < 1.29 is 18.7 Å². The first-order chi connectivity index (χ1) is 15.6. The van der Waals surface area contributed by atoms with E-state index in [1.807, 2.05) is 12.1 Å². The Labute approximate surface area is 191 Å². The van der Waals surface area contributed by atoms with E-state index in [1.165, 1.54) is 0 Å². The first kappa shape index (κ1) is 22.6. The molecular formula is C24H26FN5O3. The number of halogens is 1. The molecule has 8 nitrogen and oxygen atoms in total. The van der Waals surface area contributed by atoms with Crippen LogP contribution in [0, 0.1) is 5.92 Å². The Balaban J connectivity index is 1.76. The average Bonchev–Trinajstić information content (AvgIpc) is 3.48. The van der Waals surface area contributed by atoms with Crippen molar-refractivity contribution in [3.8, 4) is 11.1 Å². The topological polar surface area (TPSA) is 106 Å². The number of carbonyl (C=O) groups excluding carboxylic acids is 2. The Morgan fingerprint density at radius 1 is 1.18 bits per heavy atom. The second kappa shape index (κ2) is 8.73. The number of hydrogen-bond acceptors (Lipinski definition) is 6. The highest BCUT2D eigenvalue weighted by molar-refractivity contribution is 6.02. The SMILES string of the molecule is CCc1ccncc1-c1cc(NC(=O)OC(C)(C)C)c2nnc(NC(=O)[C@@H]3C[C@@H]3F)cc2c1.